The van der Waals surface area contributed by atoms with Crippen LogP contribution >= 0.6 is 0 Å². The van der Waals surface area contributed by atoms with Crippen LogP contribution in [0.5, 0.6) is 0 Å². The van der Waals surface area contributed by atoms with E-state index in [1.807, 2.05) is 25.1 Å². The lowest BCUT2D eigenvalue weighted by molar-refractivity contribution is -0.140. The Kier molecular flexibility index (Phi) is 5.34. The number of methoxy groups -OCH3 is 1. The Morgan fingerprint density at radius 2 is 2.06 bits per heavy atom. The van der Waals surface area contributed by atoms with Crippen LogP contribution in [0.4, 0.5) is 0 Å². The number of carbonyl (C=O) groups excluding carboxylic acids is 1. The number of rotatable bonds is 6. The van der Waals surface area contributed by atoms with E-state index in [9.17, 15) is 13.2 Å². The summed E-state index contributed by atoms with van der Waals surface area (Å²) < 4.78 is 28.1. The van der Waals surface area contributed by atoms with Gasteiger partial charge in [-0.15, -0.1) is 0 Å². The highest BCUT2D eigenvalue weighted by Crippen LogP contribution is 2.10. The van der Waals surface area contributed by atoms with Crippen molar-refractivity contribution < 1.29 is 17.9 Å². The van der Waals surface area contributed by atoms with Gasteiger partial charge >= 0.3 is 5.97 Å². The van der Waals surface area contributed by atoms with Gasteiger partial charge in [0.05, 0.1) is 18.6 Å². The molecule has 0 fully saturated rings. The van der Waals surface area contributed by atoms with Gasteiger partial charge in [0, 0.05) is 6.42 Å². The number of hydrogen-bond acceptors (Lipinski definition) is 4. The first-order valence-electron chi connectivity index (χ1n) is 5.76. The van der Waals surface area contributed by atoms with Crippen LogP contribution in [-0.2, 0) is 25.1 Å². The molecule has 1 aromatic rings. The molecule has 0 aliphatic heterocycles. The topological polar surface area (TPSA) is 60.4 Å². The molecule has 0 saturated carbocycles. The molecule has 0 bridgehead atoms. The molecule has 0 N–H and O–H groups in total. The van der Waals surface area contributed by atoms with Crippen LogP contribution in [0.25, 0.3) is 0 Å². The molecule has 1 aromatic carbocycles. The van der Waals surface area contributed by atoms with E-state index in [0.29, 0.717) is 6.42 Å². The zero-order valence-corrected chi connectivity index (χ0v) is 11.5. The van der Waals surface area contributed by atoms with E-state index < -0.39 is 9.84 Å². The van der Waals surface area contributed by atoms with Gasteiger partial charge in [0.25, 0.3) is 0 Å². The minimum Gasteiger partial charge on any atom is -0.469 e. The van der Waals surface area contributed by atoms with Crippen LogP contribution in [0.1, 0.15) is 24.0 Å². The van der Waals surface area contributed by atoms with Crippen LogP contribution in [0.2, 0.25) is 0 Å². The van der Waals surface area contributed by atoms with Crippen LogP contribution in [-0.4, -0.2) is 27.2 Å². The Balaban J connectivity index is 2.52. The standard InChI is InChI=1S/C13H18O4S/c1-11-5-3-6-12(9-11)10-18(15,16)8-4-7-13(14)17-2/h3,5-6,9H,4,7-8,10H2,1-2H3. The van der Waals surface area contributed by atoms with Gasteiger partial charge in [-0.05, 0) is 18.9 Å². The molecule has 5 heteroatoms. The quantitative estimate of drug-likeness (QED) is 0.740. The van der Waals surface area contributed by atoms with E-state index >= 15 is 0 Å². The van der Waals surface area contributed by atoms with Gasteiger partial charge in [-0.25, -0.2) is 8.42 Å². The van der Waals surface area contributed by atoms with Crippen LogP contribution in [0.3, 0.4) is 0 Å². The Morgan fingerprint density at radius 3 is 2.67 bits per heavy atom. The summed E-state index contributed by atoms with van der Waals surface area (Å²) in [6, 6.07) is 7.42. The first-order valence-corrected chi connectivity index (χ1v) is 7.58. The second kappa shape index (κ2) is 6.54. The first kappa shape index (κ1) is 14.7. The maximum Gasteiger partial charge on any atom is 0.305 e. The number of sulfone groups is 1. The highest BCUT2D eigenvalue weighted by Gasteiger charge is 2.13. The number of aryl methyl sites for hydroxylation is 1. The summed E-state index contributed by atoms with van der Waals surface area (Å²) in [6.07, 6.45) is 0.449. The van der Waals surface area contributed by atoms with Crippen LogP contribution in [0.15, 0.2) is 24.3 Å². The summed E-state index contributed by atoms with van der Waals surface area (Å²) >= 11 is 0. The lowest BCUT2D eigenvalue weighted by Gasteiger charge is -2.05. The fraction of sp³-hybridized carbons (Fsp3) is 0.462. The fourth-order valence-electron chi connectivity index (χ4n) is 1.67. The number of ether oxygens (including phenoxy) is 1. The van der Waals surface area contributed by atoms with Gasteiger partial charge in [0.2, 0.25) is 0 Å². The maximum absolute atomic E-state index is 11.8. The maximum atomic E-state index is 11.8. The van der Waals surface area contributed by atoms with Crippen molar-refractivity contribution >= 4 is 15.8 Å². The Hall–Kier alpha value is -1.36. The summed E-state index contributed by atoms with van der Waals surface area (Å²) in [4.78, 5) is 10.9. The monoisotopic (exact) mass is 270 g/mol. The van der Waals surface area contributed by atoms with E-state index in [2.05, 4.69) is 4.74 Å². The van der Waals surface area contributed by atoms with Crippen molar-refractivity contribution in [1.29, 1.82) is 0 Å². The largest absolute Gasteiger partial charge is 0.469 e. The molecule has 0 unspecified atom stereocenters. The van der Waals surface area contributed by atoms with Crippen molar-refractivity contribution in [2.75, 3.05) is 12.9 Å². The molecule has 0 atom stereocenters. The zero-order valence-electron chi connectivity index (χ0n) is 10.7. The van der Waals surface area contributed by atoms with E-state index in [1.165, 1.54) is 7.11 Å². The smallest absolute Gasteiger partial charge is 0.305 e. The van der Waals surface area contributed by atoms with Crippen LogP contribution < -0.4 is 0 Å². The van der Waals surface area contributed by atoms with Crippen molar-refractivity contribution in [1.82, 2.24) is 0 Å². The number of esters is 1. The summed E-state index contributed by atoms with van der Waals surface area (Å²) in [7, 11) is -1.87. The molecular weight excluding hydrogens is 252 g/mol. The van der Waals surface area contributed by atoms with Crippen molar-refractivity contribution in [3.8, 4) is 0 Å². The highest BCUT2D eigenvalue weighted by atomic mass is 32.2. The van der Waals surface area contributed by atoms with Gasteiger partial charge in [0.15, 0.2) is 9.84 Å². The second-order valence-corrected chi connectivity index (χ2v) is 6.44. The van der Waals surface area contributed by atoms with Gasteiger partial charge in [-0.3, -0.25) is 4.79 Å². The predicted octanol–water partition coefficient (Wildman–Crippen LogP) is 1.86. The molecule has 0 radical (unpaired) electrons. The van der Waals surface area contributed by atoms with Gasteiger partial charge < -0.3 is 4.74 Å². The molecule has 4 nitrogen and oxygen atoms in total. The normalized spacial score (nSPS) is 11.2. The minimum atomic E-state index is -3.16. The Bertz CT molecular complexity index is 505. The van der Waals surface area contributed by atoms with E-state index in [0.717, 1.165) is 11.1 Å². The molecule has 0 aliphatic rings. The summed E-state index contributed by atoms with van der Waals surface area (Å²) in [6.45, 7) is 1.92. The van der Waals surface area contributed by atoms with E-state index in [1.54, 1.807) is 6.07 Å². The molecule has 18 heavy (non-hydrogen) atoms. The van der Waals surface area contributed by atoms with Gasteiger partial charge in [0.1, 0.15) is 0 Å². The molecule has 0 saturated heterocycles. The molecular formula is C13H18O4S. The summed E-state index contributed by atoms with van der Waals surface area (Å²) in [5, 5.41) is 0. The Labute approximate surface area is 108 Å². The average molecular weight is 270 g/mol. The van der Waals surface area contributed by atoms with Crippen molar-refractivity contribution in [3.63, 3.8) is 0 Å². The number of benzene rings is 1. The summed E-state index contributed by atoms with van der Waals surface area (Å²) in [5.74, 6) is -0.341. The van der Waals surface area contributed by atoms with E-state index in [4.69, 9.17) is 0 Å². The number of hydrogen-bond donors (Lipinski definition) is 0. The molecule has 0 spiro atoms. The fourth-order valence-corrected chi connectivity index (χ4v) is 3.08. The third-order valence-electron chi connectivity index (χ3n) is 2.53. The molecule has 100 valence electrons. The third-order valence-corrected chi connectivity index (χ3v) is 4.22. The molecule has 0 amide bonds. The lowest BCUT2D eigenvalue weighted by Crippen LogP contribution is -2.11. The van der Waals surface area contributed by atoms with Gasteiger partial charge in [-0.2, -0.15) is 0 Å². The number of carbonyl (C=O) groups is 1. The van der Waals surface area contributed by atoms with Crippen molar-refractivity contribution in [2.24, 2.45) is 0 Å². The average Bonchev–Trinajstić information content (AvgIpc) is 2.27. The van der Waals surface area contributed by atoms with Crippen LogP contribution in [0, 0.1) is 6.92 Å². The lowest BCUT2D eigenvalue weighted by atomic mass is 10.2. The third kappa shape index (κ3) is 5.31. The summed E-state index contributed by atoms with van der Waals surface area (Å²) in [5.41, 5.74) is 1.82. The van der Waals surface area contributed by atoms with Crippen molar-refractivity contribution in [2.45, 2.75) is 25.5 Å². The second-order valence-electron chi connectivity index (χ2n) is 4.26. The molecule has 0 aromatic heterocycles. The first-order chi connectivity index (χ1) is 8.43. The molecule has 1 rings (SSSR count). The van der Waals surface area contributed by atoms with E-state index in [-0.39, 0.29) is 23.9 Å². The zero-order chi connectivity index (χ0) is 13.6. The SMILES string of the molecule is COC(=O)CCCS(=O)(=O)Cc1cccc(C)c1. The predicted molar refractivity (Wildman–Crippen MR) is 69.9 cm³/mol. The highest BCUT2D eigenvalue weighted by molar-refractivity contribution is 7.90. The molecule has 0 heterocycles. The Morgan fingerprint density at radius 1 is 1.33 bits per heavy atom. The molecule has 0 aliphatic carbocycles. The minimum absolute atomic E-state index is 0.00996. The van der Waals surface area contributed by atoms with Gasteiger partial charge in [-0.1, -0.05) is 29.8 Å². The van der Waals surface area contributed by atoms with Crippen molar-refractivity contribution in [3.05, 3.63) is 35.4 Å².